The van der Waals surface area contributed by atoms with Crippen LogP contribution in [0.4, 0.5) is 0 Å². The van der Waals surface area contributed by atoms with Crippen molar-refractivity contribution in [3.05, 3.63) is 118 Å². The third-order valence-electron chi connectivity index (χ3n) is 6.43. The van der Waals surface area contributed by atoms with Gasteiger partial charge in [-0.3, -0.25) is 4.90 Å². The summed E-state index contributed by atoms with van der Waals surface area (Å²) in [5, 5.41) is 2.74. The molecule has 2 atom stereocenters. The molecule has 150 valence electrons. The van der Waals surface area contributed by atoms with Gasteiger partial charge in [0.2, 0.25) is 0 Å². The highest BCUT2D eigenvalue weighted by Crippen LogP contribution is 2.37. The Kier molecular flexibility index (Phi) is 5.70. The lowest BCUT2D eigenvalue weighted by molar-refractivity contribution is 0.315. The van der Waals surface area contributed by atoms with Crippen molar-refractivity contribution in [2.24, 2.45) is 5.92 Å². The second kappa shape index (κ2) is 8.75. The van der Waals surface area contributed by atoms with Crippen molar-refractivity contribution in [1.29, 1.82) is 0 Å². The molecule has 0 bridgehead atoms. The molecule has 4 aromatic rings. The first-order valence-electron chi connectivity index (χ1n) is 10.7. The van der Waals surface area contributed by atoms with Crippen LogP contribution in [0.5, 0.6) is 0 Å². The average Bonchev–Trinajstić information content (AvgIpc) is 3.17. The van der Waals surface area contributed by atoms with Crippen LogP contribution < -0.4 is 0 Å². The van der Waals surface area contributed by atoms with E-state index in [1.54, 1.807) is 0 Å². The van der Waals surface area contributed by atoms with Crippen molar-refractivity contribution >= 4 is 26.7 Å². The second-order valence-corrected chi connectivity index (χ2v) is 9.36. The van der Waals surface area contributed by atoms with Gasteiger partial charge in [-0.2, -0.15) is 0 Å². The smallest absolute Gasteiger partial charge is 0.0234 e. The summed E-state index contributed by atoms with van der Waals surface area (Å²) >= 11 is 3.60. The number of benzene rings is 4. The molecule has 2 heteroatoms. The molecule has 1 aliphatic heterocycles. The van der Waals surface area contributed by atoms with E-state index in [0.717, 1.165) is 30.5 Å². The van der Waals surface area contributed by atoms with Crippen LogP contribution in [0.2, 0.25) is 0 Å². The summed E-state index contributed by atoms with van der Waals surface area (Å²) in [5.74, 6) is 1.17. The Balaban J connectivity index is 1.44. The lowest BCUT2D eigenvalue weighted by Gasteiger charge is -2.20. The first kappa shape index (κ1) is 19.5. The maximum absolute atomic E-state index is 3.60. The van der Waals surface area contributed by atoms with Gasteiger partial charge in [0.15, 0.2) is 0 Å². The Hall–Kier alpha value is -2.42. The predicted octanol–water partition coefficient (Wildman–Crippen LogP) is 7.06. The zero-order valence-corrected chi connectivity index (χ0v) is 18.6. The second-order valence-electron chi connectivity index (χ2n) is 8.44. The minimum absolute atomic E-state index is 0.556. The van der Waals surface area contributed by atoms with Crippen LogP contribution in [-0.2, 0) is 13.0 Å². The molecule has 0 unspecified atom stereocenters. The molecule has 0 N–H and O–H groups in total. The van der Waals surface area contributed by atoms with Gasteiger partial charge in [-0.15, -0.1) is 0 Å². The van der Waals surface area contributed by atoms with E-state index in [4.69, 9.17) is 0 Å². The van der Waals surface area contributed by atoms with E-state index < -0.39 is 0 Å². The molecule has 1 aliphatic rings. The van der Waals surface area contributed by atoms with Crippen molar-refractivity contribution in [3.8, 4) is 0 Å². The largest absolute Gasteiger partial charge is 0.298 e. The Morgan fingerprint density at radius 3 is 2.30 bits per heavy atom. The molecule has 4 aromatic carbocycles. The first-order valence-corrected chi connectivity index (χ1v) is 11.5. The maximum Gasteiger partial charge on any atom is 0.0234 e. The monoisotopic (exact) mass is 455 g/mol. The van der Waals surface area contributed by atoms with Crippen LogP contribution in [0.25, 0.3) is 10.8 Å². The van der Waals surface area contributed by atoms with Crippen molar-refractivity contribution in [1.82, 2.24) is 4.90 Å². The fourth-order valence-electron chi connectivity index (χ4n) is 4.98. The topological polar surface area (TPSA) is 3.24 Å². The minimum atomic E-state index is 0.556. The maximum atomic E-state index is 3.60. The zero-order valence-electron chi connectivity index (χ0n) is 17.0. The standard InChI is InChI=1S/C28H26BrN/c29-26-15-13-23(14-16-26)28-20-30(18-21-7-2-1-3-8-21)19-25(28)17-24-11-6-10-22-9-4-5-12-27(22)24/h1-16,25,28H,17-20H2/t25-,28+/m1/s1. The highest BCUT2D eigenvalue weighted by atomic mass is 79.9. The number of fused-ring (bicyclic) bond motifs is 1. The zero-order chi connectivity index (χ0) is 20.3. The summed E-state index contributed by atoms with van der Waals surface area (Å²) < 4.78 is 1.15. The molecular weight excluding hydrogens is 430 g/mol. The van der Waals surface area contributed by atoms with Gasteiger partial charge in [0, 0.05) is 30.0 Å². The number of halogens is 1. The molecule has 0 radical (unpaired) electrons. The lowest BCUT2D eigenvalue weighted by atomic mass is 9.84. The molecule has 1 saturated heterocycles. The van der Waals surface area contributed by atoms with Gasteiger partial charge < -0.3 is 0 Å². The van der Waals surface area contributed by atoms with Crippen LogP contribution in [0.15, 0.2) is 102 Å². The highest BCUT2D eigenvalue weighted by molar-refractivity contribution is 9.10. The summed E-state index contributed by atoms with van der Waals surface area (Å²) in [6.07, 6.45) is 1.12. The van der Waals surface area contributed by atoms with Crippen molar-refractivity contribution in [3.63, 3.8) is 0 Å². The molecular formula is C28H26BrN. The summed E-state index contributed by atoms with van der Waals surface area (Å²) in [5.41, 5.74) is 4.33. The van der Waals surface area contributed by atoms with E-state index in [2.05, 4.69) is 118 Å². The van der Waals surface area contributed by atoms with Gasteiger partial charge in [0.05, 0.1) is 0 Å². The van der Waals surface area contributed by atoms with Gasteiger partial charge in [-0.1, -0.05) is 101 Å². The minimum Gasteiger partial charge on any atom is -0.298 e. The molecule has 0 aromatic heterocycles. The van der Waals surface area contributed by atoms with Crippen LogP contribution in [-0.4, -0.2) is 18.0 Å². The molecule has 5 rings (SSSR count). The van der Waals surface area contributed by atoms with Crippen LogP contribution in [0.1, 0.15) is 22.6 Å². The molecule has 0 spiro atoms. The van der Waals surface area contributed by atoms with Gasteiger partial charge in [0.25, 0.3) is 0 Å². The Bertz CT molecular complexity index is 1110. The fourth-order valence-corrected chi connectivity index (χ4v) is 5.24. The third-order valence-corrected chi connectivity index (χ3v) is 6.95. The molecule has 1 nitrogen and oxygen atoms in total. The summed E-state index contributed by atoms with van der Waals surface area (Å²) in [6, 6.07) is 35.4. The van der Waals surface area contributed by atoms with Crippen LogP contribution in [0.3, 0.4) is 0 Å². The summed E-state index contributed by atoms with van der Waals surface area (Å²) in [6.45, 7) is 3.28. The molecule has 0 aliphatic carbocycles. The lowest BCUT2D eigenvalue weighted by Crippen LogP contribution is -2.20. The van der Waals surface area contributed by atoms with E-state index in [1.165, 1.54) is 27.5 Å². The van der Waals surface area contributed by atoms with Gasteiger partial charge in [-0.25, -0.2) is 0 Å². The summed E-state index contributed by atoms with van der Waals surface area (Å²) in [4.78, 5) is 2.64. The normalized spacial score (nSPS) is 19.4. The molecule has 1 fully saturated rings. The van der Waals surface area contributed by atoms with E-state index in [9.17, 15) is 0 Å². The molecule has 1 heterocycles. The summed E-state index contributed by atoms with van der Waals surface area (Å²) in [7, 11) is 0. The number of likely N-dealkylation sites (tertiary alicyclic amines) is 1. The fraction of sp³-hybridized carbons (Fsp3) is 0.214. The van der Waals surface area contributed by atoms with Crippen molar-refractivity contribution in [2.75, 3.05) is 13.1 Å². The number of nitrogens with zero attached hydrogens (tertiary/aromatic N) is 1. The number of hydrogen-bond acceptors (Lipinski definition) is 1. The van der Waals surface area contributed by atoms with Gasteiger partial charge in [0.1, 0.15) is 0 Å². The predicted molar refractivity (Wildman–Crippen MR) is 130 cm³/mol. The van der Waals surface area contributed by atoms with E-state index in [-0.39, 0.29) is 0 Å². The van der Waals surface area contributed by atoms with Crippen molar-refractivity contribution in [2.45, 2.75) is 18.9 Å². The third kappa shape index (κ3) is 4.21. The van der Waals surface area contributed by atoms with Gasteiger partial charge in [-0.05, 0) is 51.9 Å². The Labute approximate surface area is 187 Å². The Morgan fingerprint density at radius 2 is 1.47 bits per heavy atom. The quantitative estimate of drug-likeness (QED) is 0.311. The SMILES string of the molecule is Brc1ccc([C@@H]2CN(Cc3ccccc3)C[C@H]2Cc2cccc3ccccc23)cc1. The first-order chi connectivity index (χ1) is 14.8. The molecule has 30 heavy (non-hydrogen) atoms. The highest BCUT2D eigenvalue weighted by Gasteiger charge is 2.34. The Morgan fingerprint density at radius 1 is 0.733 bits per heavy atom. The van der Waals surface area contributed by atoms with E-state index >= 15 is 0 Å². The molecule has 0 saturated carbocycles. The van der Waals surface area contributed by atoms with Gasteiger partial charge >= 0.3 is 0 Å². The van der Waals surface area contributed by atoms with E-state index in [0.29, 0.717) is 11.8 Å². The van der Waals surface area contributed by atoms with Crippen LogP contribution in [0, 0.1) is 5.92 Å². The average molecular weight is 456 g/mol. The van der Waals surface area contributed by atoms with E-state index in [1.807, 2.05) is 0 Å². The van der Waals surface area contributed by atoms with Crippen LogP contribution >= 0.6 is 15.9 Å². The molecule has 0 amide bonds. The number of hydrogen-bond donors (Lipinski definition) is 0. The van der Waals surface area contributed by atoms with Crippen molar-refractivity contribution < 1.29 is 0 Å². The number of rotatable bonds is 5.